The van der Waals surface area contributed by atoms with E-state index in [1.807, 2.05) is 0 Å². The van der Waals surface area contributed by atoms with Crippen molar-refractivity contribution < 1.29 is 49.0 Å². The van der Waals surface area contributed by atoms with Crippen molar-refractivity contribution >= 4 is 11.9 Å². The van der Waals surface area contributed by atoms with Gasteiger partial charge >= 0.3 is 11.9 Å². The number of unbranched alkanes of at least 4 members (excludes halogenated alkanes) is 30. The van der Waals surface area contributed by atoms with Crippen LogP contribution < -0.4 is 0 Å². The van der Waals surface area contributed by atoms with E-state index in [1.54, 1.807) is 0 Å². The summed E-state index contributed by atoms with van der Waals surface area (Å²) in [6.45, 7) is 3.45. The molecule has 1 fully saturated rings. The van der Waals surface area contributed by atoms with Crippen LogP contribution in [-0.4, -0.2) is 89.0 Å². The van der Waals surface area contributed by atoms with Gasteiger partial charge in [-0.1, -0.05) is 199 Å². The first-order chi connectivity index (χ1) is 29.3. The molecule has 6 atom stereocenters. The highest BCUT2D eigenvalue weighted by Crippen LogP contribution is 2.23. The van der Waals surface area contributed by atoms with Crippen LogP contribution in [0, 0.1) is 0 Å². The molecule has 4 N–H and O–H groups in total. The van der Waals surface area contributed by atoms with Gasteiger partial charge in [-0.15, -0.1) is 0 Å². The van der Waals surface area contributed by atoms with Crippen molar-refractivity contribution in [3.8, 4) is 0 Å². The summed E-state index contributed by atoms with van der Waals surface area (Å²) in [7, 11) is 0. The van der Waals surface area contributed by atoms with E-state index in [0.717, 1.165) is 38.5 Å². The first-order valence-electron chi connectivity index (χ1n) is 25.3. The van der Waals surface area contributed by atoms with E-state index in [2.05, 4.69) is 26.0 Å². The number of aliphatic hydroxyl groups is 4. The molecule has 60 heavy (non-hydrogen) atoms. The maximum absolute atomic E-state index is 12.8. The fourth-order valence-electron chi connectivity index (χ4n) is 7.89. The van der Waals surface area contributed by atoms with Crippen molar-refractivity contribution in [2.75, 3.05) is 19.8 Å². The van der Waals surface area contributed by atoms with Crippen LogP contribution in [0.5, 0.6) is 0 Å². The molecule has 1 saturated heterocycles. The lowest BCUT2D eigenvalue weighted by Gasteiger charge is -2.39. The van der Waals surface area contributed by atoms with E-state index in [4.69, 9.17) is 18.9 Å². The molecule has 0 radical (unpaired) electrons. The molecule has 0 aromatic heterocycles. The molecule has 1 aliphatic rings. The van der Waals surface area contributed by atoms with E-state index >= 15 is 0 Å². The zero-order chi connectivity index (χ0) is 43.7. The van der Waals surface area contributed by atoms with Gasteiger partial charge in [0.05, 0.1) is 13.2 Å². The predicted octanol–water partition coefficient (Wildman–Crippen LogP) is 11.5. The Bertz CT molecular complexity index is 990. The van der Waals surface area contributed by atoms with Crippen molar-refractivity contribution in [3.05, 3.63) is 12.2 Å². The van der Waals surface area contributed by atoms with Gasteiger partial charge in [0.15, 0.2) is 12.4 Å². The van der Waals surface area contributed by atoms with Crippen LogP contribution in [0.25, 0.3) is 0 Å². The monoisotopic (exact) mass is 855 g/mol. The molecule has 0 bridgehead atoms. The lowest BCUT2D eigenvalue weighted by Crippen LogP contribution is -2.59. The molecule has 1 aliphatic heterocycles. The van der Waals surface area contributed by atoms with Gasteiger partial charge in [0.2, 0.25) is 0 Å². The summed E-state index contributed by atoms with van der Waals surface area (Å²) in [6.07, 6.45) is 37.8. The summed E-state index contributed by atoms with van der Waals surface area (Å²) in [5, 5.41) is 40.2. The van der Waals surface area contributed by atoms with Crippen molar-refractivity contribution in [1.29, 1.82) is 0 Å². The van der Waals surface area contributed by atoms with Gasteiger partial charge in [-0.2, -0.15) is 0 Å². The zero-order valence-electron chi connectivity index (χ0n) is 38.7. The van der Waals surface area contributed by atoms with Gasteiger partial charge in [-0.05, 0) is 38.5 Å². The average molecular weight is 855 g/mol. The lowest BCUT2D eigenvalue weighted by molar-refractivity contribution is -0.305. The first kappa shape index (κ1) is 56.5. The molecule has 0 amide bonds. The first-order valence-corrected chi connectivity index (χ1v) is 25.3. The Morgan fingerprint density at radius 2 is 0.883 bits per heavy atom. The molecule has 0 aliphatic carbocycles. The van der Waals surface area contributed by atoms with Crippen molar-refractivity contribution in [2.24, 2.45) is 0 Å². The van der Waals surface area contributed by atoms with Crippen LogP contribution in [0.1, 0.15) is 239 Å². The van der Waals surface area contributed by atoms with Crippen LogP contribution in [0.2, 0.25) is 0 Å². The Hall–Kier alpha value is -1.56. The van der Waals surface area contributed by atoms with Gasteiger partial charge in [-0.25, -0.2) is 0 Å². The lowest BCUT2D eigenvalue weighted by atomic mass is 9.99. The minimum absolute atomic E-state index is 0.212. The molecule has 2 unspecified atom stereocenters. The average Bonchev–Trinajstić information content (AvgIpc) is 3.25. The number of hydrogen-bond donors (Lipinski definition) is 4. The Labute approximate surface area is 367 Å². The summed E-state index contributed by atoms with van der Waals surface area (Å²) in [4.78, 5) is 25.4. The second kappa shape index (κ2) is 41.5. The van der Waals surface area contributed by atoms with Gasteiger partial charge in [-0.3, -0.25) is 9.59 Å². The van der Waals surface area contributed by atoms with Gasteiger partial charge in [0.1, 0.15) is 31.0 Å². The normalized spacial score (nSPS) is 19.9. The van der Waals surface area contributed by atoms with Crippen LogP contribution in [0.15, 0.2) is 12.2 Å². The summed E-state index contributed by atoms with van der Waals surface area (Å²) in [6, 6.07) is 0. The molecule has 10 heteroatoms. The molecule has 1 rings (SSSR count). The summed E-state index contributed by atoms with van der Waals surface area (Å²) in [5.41, 5.74) is 0. The number of esters is 2. The highest BCUT2D eigenvalue weighted by Gasteiger charge is 2.44. The second-order valence-electron chi connectivity index (χ2n) is 17.6. The number of carbonyl (C=O) groups excluding carboxylic acids is 2. The van der Waals surface area contributed by atoms with E-state index in [1.165, 1.54) is 167 Å². The van der Waals surface area contributed by atoms with E-state index in [-0.39, 0.29) is 32.0 Å². The van der Waals surface area contributed by atoms with Crippen LogP contribution in [0.3, 0.4) is 0 Å². The number of carbonyl (C=O) groups is 2. The third-order valence-corrected chi connectivity index (χ3v) is 11.9. The standard InChI is InChI=1S/C50H94O10/c1-3-5-7-9-11-13-15-17-19-21-23-24-26-28-30-32-34-36-38-45(52)57-41-43(42-58-50-49(56)48(55)47(54)44(40-51)60-50)59-46(53)39-37-35-33-31-29-27-25-22-20-18-16-14-12-10-8-6-4-2/h14,16,43-44,47-51,54-56H,3-13,15,17-42H2,1-2H3/b16-14+/t43-,44-,47+,48?,49?,50-/m0/s1. The molecular weight excluding hydrogens is 761 g/mol. The molecule has 354 valence electrons. The van der Waals surface area contributed by atoms with Gasteiger partial charge < -0.3 is 39.4 Å². The highest BCUT2D eigenvalue weighted by atomic mass is 16.7. The topological polar surface area (TPSA) is 152 Å². The second-order valence-corrected chi connectivity index (χ2v) is 17.6. The molecule has 0 saturated carbocycles. The van der Waals surface area contributed by atoms with Crippen molar-refractivity contribution in [2.45, 2.75) is 275 Å². The van der Waals surface area contributed by atoms with E-state index in [0.29, 0.717) is 6.42 Å². The fourth-order valence-corrected chi connectivity index (χ4v) is 7.89. The molecule has 0 aromatic carbocycles. The van der Waals surface area contributed by atoms with E-state index < -0.39 is 49.4 Å². The summed E-state index contributed by atoms with van der Waals surface area (Å²) < 4.78 is 22.2. The fraction of sp³-hybridized carbons (Fsp3) is 0.920. The van der Waals surface area contributed by atoms with Crippen molar-refractivity contribution in [3.63, 3.8) is 0 Å². The number of aliphatic hydroxyl groups excluding tert-OH is 4. The minimum atomic E-state index is -1.59. The Kier molecular flexibility index (Phi) is 39.0. The Morgan fingerprint density at radius 3 is 1.32 bits per heavy atom. The highest BCUT2D eigenvalue weighted by molar-refractivity contribution is 5.70. The third kappa shape index (κ3) is 32.2. The van der Waals surface area contributed by atoms with Gasteiger partial charge in [0, 0.05) is 12.8 Å². The molecule has 0 aromatic rings. The molecule has 0 spiro atoms. The number of hydrogen-bond acceptors (Lipinski definition) is 10. The number of ether oxygens (including phenoxy) is 4. The van der Waals surface area contributed by atoms with E-state index in [9.17, 15) is 30.0 Å². The minimum Gasteiger partial charge on any atom is -0.462 e. The molecule has 1 heterocycles. The molecular formula is C50H94O10. The Balaban J connectivity index is 2.26. The number of allylic oxidation sites excluding steroid dienone is 2. The SMILES string of the molecule is CCCCCC/C=C/CCCCCCCCCCCC(=O)O[C@@H](COC(=O)CCCCCCCCCCCCCCCCCCCC)CO[C@H]1O[C@@H](CO)[C@@H](O)C(O)C1O. The zero-order valence-corrected chi connectivity index (χ0v) is 38.7. The van der Waals surface area contributed by atoms with Crippen LogP contribution >= 0.6 is 0 Å². The predicted molar refractivity (Wildman–Crippen MR) is 243 cm³/mol. The maximum atomic E-state index is 12.8. The maximum Gasteiger partial charge on any atom is 0.306 e. The molecule has 10 nitrogen and oxygen atoms in total. The summed E-state index contributed by atoms with van der Waals surface area (Å²) in [5.74, 6) is -0.794. The van der Waals surface area contributed by atoms with Crippen LogP contribution in [-0.2, 0) is 28.5 Å². The Morgan fingerprint density at radius 1 is 0.500 bits per heavy atom. The van der Waals surface area contributed by atoms with Crippen LogP contribution in [0.4, 0.5) is 0 Å². The number of rotatable bonds is 43. The third-order valence-electron chi connectivity index (χ3n) is 11.9. The van der Waals surface area contributed by atoms with Crippen molar-refractivity contribution in [1.82, 2.24) is 0 Å². The smallest absolute Gasteiger partial charge is 0.306 e. The summed E-state index contributed by atoms with van der Waals surface area (Å²) >= 11 is 0. The largest absolute Gasteiger partial charge is 0.462 e. The quantitative estimate of drug-likeness (QED) is 0.0265. The van der Waals surface area contributed by atoms with Gasteiger partial charge in [0.25, 0.3) is 0 Å².